The van der Waals surface area contributed by atoms with Crippen LogP contribution in [0.3, 0.4) is 0 Å². The van der Waals surface area contributed by atoms with Gasteiger partial charge in [-0.15, -0.1) is 0 Å². The molecule has 4 aromatic rings. The van der Waals surface area contributed by atoms with Gasteiger partial charge in [-0.05, 0) is 36.2 Å². The van der Waals surface area contributed by atoms with E-state index in [1.807, 2.05) is 36.7 Å². The molecule has 0 unspecified atom stereocenters. The average molecular weight is 337 g/mol. The molecule has 2 aliphatic rings. The molecule has 0 spiro atoms. The van der Waals surface area contributed by atoms with Crippen molar-refractivity contribution in [3.05, 3.63) is 83.8 Å². The van der Waals surface area contributed by atoms with Crippen molar-refractivity contribution >= 4 is 28.7 Å². The molecule has 3 aromatic heterocycles. The summed E-state index contributed by atoms with van der Waals surface area (Å²) in [7, 11) is 0. The lowest BCUT2D eigenvalue weighted by Crippen LogP contribution is -2.15. The highest BCUT2D eigenvalue weighted by Crippen LogP contribution is 2.45. The Morgan fingerprint density at radius 1 is 0.962 bits per heavy atom. The van der Waals surface area contributed by atoms with Gasteiger partial charge in [0.25, 0.3) is 0 Å². The number of aromatic nitrogens is 3. The van der Waals surface area contributed by atoms with Crippen molar-refractivity contribution in [2.24, 2.45) is 4.99 Å². The van der Waals surface area contributed by atoms with Crippen molar-refractivity contribution in [1.82, 2.24) is 14.4 Å². The summed E-state index contributed by atoms with van der Waals surface area (Å²) >= 11 is 0. The Balaban J connectivity index is 1.75. The Bertz CT molecular complexity index is 1190. The van der Waals surface area contributed by atoms with Gasteiger partial charge < -0.3 is 4.90 Å². The third kappa shape index (κ3) is 1.77. The minimum atomic E-state index is 0.878. The normalized spacial score (nSPS) is 14.8. The Labute approximate surface area is 150 Å². The molecule has 5 nitrogen and oxygen atoms in total. The van der Waals surface area contributed by atoms with E-state index in [1.54, 1.807) is 6.20 Å². The lowest BCUT2D eigenvalue weighted by atomic mass is 9.99. The maximum atomic E-state index is 5.10. The summed E-state index contributed by atoms with van der Waals surface area (Å²) in [6.07, 6.45) is 6.73. The Kier molecular flexibility index (Phi) is 2.66. The molecule has 0 saturated heterocycles. The van der Waals surface area contributed by atoms with Crippen molar-refractivity contribution < 1.29 is 0 Å². The number of benzene rings is 1. The molecule has 1 aromatic carbocycles. The number of rotatable bonds is 1. The average Bonchev–Trinajstić information content (AvgIpc) is 3.24. The number of pyridine rings is 2. The second-order valence-electron chi connectivity index (χ2n) is 6.60. The van der Waals surface area contributed by atoms with Gasteiger partial charge in [-0.25, -0.2) is 9.98 Å². The second kappa shape index (κ2) is 5.02. The maximum Gasteiger partial charge on any atom is 0.182 e. The van der Waals surface area contributed by atoms with Gasteiger partial charge in [0.1, 0.15) is 5.65 Å². The molecule has 0 saturated carbocycles. The minimum absolute atomic E-state index is 0.878. The topological polar surface area (TPSA) is 45.8 Å². The van der Waals surface area contributed by atoms with Gasteiger partial charge in [-0.3, -0.25) is 9.38 Å². The van der Waals surface area contributed by atoms with Gasteiger partial charge in [0.15, 0.2) is 11.6 Å². The smallest absolute Gasteiger partial charge is 0.182 e. The SMILES string of the molecule is c1cncc(C2=Nc3c(nc4ccccn34)N3CCc4cccc2c43)c1. The van der Waals surface area contributed by atoms with Gasteiger partial charge in [-0.2, -0.15) is 0 Å². The van der Waals surface area contributed by atoms with E-state index in [4.69, 9.17) is 9.98 Å². The van der Waals surface area contributed by atoms with Crippen LogP contribution in [0.1, 0.15) is 16.7 Å². The van der Waals surface area contributed by atoms with E-state index in [2.05, 4.69) is 38.6 Å². The molecule has 0 atom stereocenters. The predicted octanol–water partition coefficient (Wildman–Crippen LogP) is 3.91. The highest BCUT2D eigenvalue weighted by molar-refractivity contribution is 6.19. The molecule has 0 aliphatic carbocycles. The lowest BCUT2D eigenvalue weighted by molar-refractivity contribution is 0.983. The molecule has 0 bridgehead atoms. The van der Waals surface area contributed by atoms with E-state index >= 15 is 0 Å². The highest BCUT2D eigenvalue weighted by atomic mass is 15.3. The molecule has 0 amide bonds. The molecular formula is C21H15N5. The summed E-state index contributed by atoms with van der Waals surface area (Å²) in [6, 6.07) is 16.6. The summed E-state index contributed by atoms with van der Waals surface area (Å²) in [5.74, 6) is 1.81. The number of imidazole rings is 1. The summed E-state index contributed by atoms with van der Waals surface area (Å²) in [5, 5.41) is 0. The number of hydrogen-bond donors (Lipinski definition) is 0. The standard InChI is InChI=1S/C21H15N5/c1-2-11-25-17(8-1)23-20-21(25)24-18(15-6-4-10-22-13-15)16-7-3-5-14-9-12-26(20)19(14)16/h1-8,10-11,13H,9,12H2. The van der Waals surface area contributed by atoms with E-state index in [0.717, 1.165) is 47.1 Å². The zero-order chi connectivity index (χ0) is 17.1. The number of fused-ring (bicyclic) bond motifs is 4. The van der Waals surface area contributed by atoms with E-state index in [0.29, 0.717) is 0 Å². The molecule has 5 heteroatoms. The van der Waals surface area contributed by atoms with Crippen LogP contribution in [0.4, 0.5) is 17.3 Å². The maximum absolute atomic E-state index is 5.10. The van der Waals surface area contributed by atoms with Gasteiger partial charge in [0.2, 0.25) is 0 Å². The zero-order valence-electron chi connectivity index (χ0n) is 14.0. The van der Waals surface area contributed by atoms with Crippen LogP contribution in [0.25, 0.3) is 5.65 Å². The van der Waals surface area contributed by atoms with Crippen molar-refractivity contribution in [2.75, 3.05) is 11.4 Å². The minimum Gasteiger partial charge on any atom is -0.322 e. The van der Waals surface area contributed by atoms with Gasteiger partial charge >= 0.3 is 0 Å². The first-order valence-electron chi connectivity index (χ1n) is 8.76. The number of nitrogens with zero attached hydrogens (tertiary/aromatic N) is 5. The molecule has 0 radical (unpaired) electrons. The highest BCUT2D eigenvalue weighted by Gasteiger charge is 2.32. The van der Waals surface area contributed by atoms with E-state index < -0.39 is 0 Å². The molecule has 5 heterocycles. The molecule has 6 rings (SSSR count). The number of hydrogen-bond acceptors (Lipinski definition) is 4. The molecule has 2 aliphatic heterocycles. The first-order chi connectivity index (χ1) is 12.9. The summed E-state index contributed by atoms with van der Waals surface area (Å²) < 4.78 is 2.07. The Morgan fingerprint density at radius 3 is 2.88 bits per heavy atom. The van der Waals surface area contributed by atoms with Crippen molar-refractivity contribution in [2.45, 2.75) is 6.42 Å². The monoisotopic (exact) mass is 337 g/mol. The lowest BCUT2D eigenvalue weighted by Gasteiger charge is -2.18. The van der Waals surface area contributed by atoms with E-state index in [-0.39, 0.29) is 0 Å². The molecule has 124 valence electrons. The van der Waals surface area contributed by atoms with Gasteiger partial charge in [0.05, 0.1) is 11.4 Å². The van der Waals surface area contributed by atoms with Crippen LogP contribution in [0.15, 0.2) is 72.1 Å². The van der Waals surface area contributed by atoms with Crippen LogP contribution in [-0.2, 0) is 6.42 Å². The van der Waals surface area contributed by atoms with Crippen LogP contribution in [0.5, 0.6) is 0 Å². The predicted molar refractivity (Wildman–Crippen MR) is 102 cm³/mol. The van der Waals surface area contributed by atoms with Gasteiger partial charge in [0, 0.05) is 36.3 Å². The van der Waals surface area contributed by atoms with Gasteiger partial charge in [-0.1, -0.05) is 24.3 Å². The quantitative estimate of drug-likeness (QED) is 0.529. The molecule has 0 N–H and O–H groups in total. The third-order valence-corrected chi connectivity index (χ3v) is 5.14. The zero-order valence-corrected chi connectivity index (χ0v) is 14.0. The Morgan fingerprint density at radius 2 is 1.96 bits per heavy atom. The number of aliphatic imine (C=N–C) groups is 1. The van der Waals surface area contributed by atoms with Crippen LogP contribution in [0.2, 0.25) is 0 Å². The largest absolute Gasteiger partial charge is 0.322 e. The van der Waals surface area contributed by atoms with Crippen molar-refractivity contribution in [3.8, 4) is 0 Å². The fourth-order valence-electron chi connectivity index (χ4n) is 4.00. The van der Waals surface area contributed by atoms with Crippen LogP contribution in [0, 0.1) is 0 Å². The number of para-hydroxylation sites is 1. The van der Waals surface area contributed by atoms with Crippen LogP contribution >= 0.6 is 0 Å². The summed E-state index contributed by atoms with van der Waals surface area (Å²) in [4.78, 5) is 16.6. The van der Waals surface area contributed by atoms with Crippen LogP contribution < -0.4 is 4.90 Å². The van der Waals surface area contributed by atoms with E-state index in [9.17, 15) is 0 Å². The third-order valence-electron chi connectivity index (χ3n) is 5.14. The molecule has 26 heavy (non-hydrogen) atoms. The Hall–Kier alpha value is -3.47. The van der Waals surface area contributed by atoms with Crippen molar-refractivity contribution in [1.29, 1.82) is 0 Å². The number of anilines is 2. The summed E-state index contributed by atoms with van der Waals surface area (Å²) in [6.45, 7) is 0.930. The fraction of sp³-hybridized carbons (Fsp3) is 0.0952. The first-order valence-corrected chi connectivity index (χ1v) is 8.76. The second-order valence-corrected chi connectivity index (χ2v) is 6.60. The first kappa shape index (κ1) is 13.8. The fourth-order valence-corrected chi connectivity index (χ4v) is 4.00. The molecule has 0 fully saturated rings. The van der Waals surface area contributed by atoms with Crippen LogP contribution in [-0.4, -0.2) is 26.6 Å². The van der Waals surface area contributed by atoms with Crippen molar-refractivity contribution in [3.63, 3.8) is 0 Å². The summed E-state index contributed by atoms with van der Waals surface area (Å²) in [5.41, 5.74) is 6.62. The molecular weight excluding hydrogens is 322 g/mol. The van der Waals surface area contributed by atoms with E-state index in [1.165, 1.54) is 11.3 Å².